The lowest BCUT2D eigenvalue weighted by Gasteiger charge is -2.13. The number of ether oxygens (including phenoxy) is 2. The van der Waals surface area contributed by atoms with E-state index in [2.05, 4.69) is 4.98 Å². The second-order valence-corrected chi connectivity index (χ2v) is 6.00. The summed E-state index contributed by atoms with van der Waals surface area (Å²) >= 11 is 6.18. The number of hydrogen-bond acceptors (Lipinski definition) is 5. The molecule has 1 aromatic heterocycles. The van der Waals surface area contributed by atoms with E-state index in [0.29, 0.717) is 22.8 Å². The first-order valence-corrected chi connectivity index (χ1v) is 8.25. The summed E-state index contributed by atoms with van der Waals surface area (Å²) in [4.78, 5) is 4.28. The molecule has 0 radical (unpaired) electrons. The Morgan fingerprint density at radius 2 is 1.85 bits per heavy atom. The number of rotatable bonds is 4. The molecular weight excluding hydrogens is 369 g/mol. The molecule has 0 unspecified atom stereocenters. The Bertz CT molecular complexity index is 1040. The molecular formula is C20H15ClFN3O2. The molecule has 1 heterocycles. The third-order valence-corrected chi connectivity index (χ3v) is 4.39. The molecule has 3 rings (SSSR count). The Hall–Kier alpha value is -3.30. The van der Waals surface area contributed by atoms with Crippen molar-refractivity contribution in [3.63, 3.8) is 0 Å². The van der Waals surface area contributed by atoms with E-state index in [-0.39, 0.29) is 27.5 Å². The van der Waals surface area contributed by atoms with E-state index in [1.165, 1.54) is 26.4 Å². The smallest absolute Gasteiger partial charge is 0.161 e. The summed E-state index contributed by atoms with van der Waals surface area (Å²) in [6, 6.07) is 13.1. The van der Waals surface area contributed by atoms with Gasteiger partial charge < -0.3 is 15.2 Å². The molecule has 0 amide bonds. The van der Waals surface area contributed by atoms with Crippen LogP contribution < -0.4 is 15.2 Å². The molecule has 0 aliphatic carbocycles. The van der Waals surface area contributed by atoms with Crippen molar-refractivity contribution in [2.75, 3.05) is 20.0 Å². The molecule has 136 valence electrons. The van der Waals surface area contributed by atoms with Gasteiger partial charge in [0, 0.05) is 16.7 Å². The van der Waals surface area contributed by atoms with E-state index in [9.17, 15) is 9.65 Å². The Labute approximate surface area is 160 Å². The van der Waals surface area contributed by atoms with E-state index in [1.807, 2.05) is 6.07 Å². The summed E-state index contributed by atoms with van der Waals surface area (Å²) in [7, 11) is 3.06. The summed E-state index contributed by atoms with van der Waals surface area (Å²) in [5.74, 6) is 0.493. The molecule has 0 fully saturated rings. The van der Waals surface area contributed by atoms with Crippen LogP contribution in [0.1, 0.15) is 5.56 Å². The maximum Gasteiger partial charge on any atom is 0.161 e. The Balaban J connectivity index is 2.27. The molecule has 0 spiro atoms. The summed E-state index contributed by atoms with van der Waals surface area (Å²) in [6.07, 6.45) is 0. The van der Waals surface area contributed by atoms with Gasteiger partial charge in [-0.2, -0.15) is 5.26 Å². The lowest BCUT2D eigenvalue weighted by molar-refractivity contribution is 0.355. The van der Waals surface area contributed by atoms with Crippen molar-refractivity contribution in [3.8, 4) is 40.0 Å². The molecule has 0 aliphatic heterocycles. The zero-order valence-corrected chi connectivity index (χ0v) is 15.3. The minimum absolute atomic E-state index is 0.0147. The van der Waals surface area contributed by atoms with E-state index in [0.717, 1.165) is 0 Å². The molecule has 7 heteroatoms. The van der Waals surface area contributed by atoms with E-state index < -0.39 is 5.82 Å². The summed E-state index contributed by atoms with van der Waals surface area (Å²) in [5, 5.41) is 9.66. The quantitative estimate of drug-likeness (QED) is 0.707. The fraction of sp³-hybridized carbons (Fsp3) is 0.100. The maximum absolute atomic E-state index is 14.4. The van der Waals surface area contributed by atoms with E-state index in [1.54, 1.807) is 30.3 Å². The lowest BCUT2D eigenvalue weighted by atomic mass is 9.97. The molecule has 0 bridgehead atoms. The van der Waals surface area contributed by atoms with Gasteiger partial charge in [0.2, 0.25) is 0 Å². The van der Waals surface area contributed by atoms with E-state index in [4.69, 9.17) is 26.8 Å². The van der Waals surface area contributed by atoms with Crippen LogP contribution in [0, 0.1) is 17.1 Å². The molecule has 0 aliphatic rings. The van der Waals surface area contributed by atoms with Gasteiger partial charge in [0.25, 0.3) is 0 Å². The largest absolute Gasteiger partial charge is 0.493 e. The van der Waals surface area contributed by atoms with Gasteiger partial charge in [0.05, 0.1) is 24.9 Å². The zero-order chi connectivity index (χ0) is 19.6. The van der Waals surface area contributed by atoms with Crippen LogP contribution in [-0.2, 0) is 0 Å². The first kappa shape index (κ1) is 18.5. The van der Waals surface area contributed by atoms with Crippen LogP contribution in [0.3, 0.4) is 0 Å². The van der Waals surface area contributed by atoms with Crippen LogP contribution in [0.25, 0.3) is 22.4 Å². The minimum Gasteiger partial charge on any atom is -0.493 e. The number of nitriles is 1. The number of nitrogen functional groups attached to an aromatic ring is 1. The van der Waals surface area contributed by atoms with Gasteiger partial charge in [0.1, 0.15) is 23.3 Å². The average molecular weight is 384 g/mol. The van der Waals surface area contributed by atoms with Gasteiger partial charge in [-0.25, -0.2) is 9.37 Å². The lowest BCUT2D eigenvalue weighted by Crippen LogP contribution is -2.01. The van der Waals surface area contributed by atoms with Crippen molar-refractivity contribution in [1.82, 2.24) is 4.98 Å². The van der Waals surface area contributed by atoms with Crippen LogP contribution in [-0.4, -0.2) is 19.2 Å². The number of nitrogens with zero attached hydrogens (tertiary/aromatic N) is 2. The van der Waals surface area contributed by atoms with Crippen LogP contribution >= 0.6 is 11.6 Å². The minimum atomic E-state index is -0.553. The predicted molar refractivity (Wildman–Crippen MR) is 102 cm³/mol. The van der Waals surface area contributed by atoms with Gasteiger partial charge >= 0.3 is 0 Å². The van der Waals surface area contributed by atoms with Gasteiger partial charge in [-0.05, 0) is 36.4 Å². The van der Waals surface area contributed by atoms with Gasteiger partial charge in [-0.15, -0.1) is 0 Å². The Morgan fingerprint density at radius 1 is 1.11 bits per heavy atom. The molecule has 0 atom stereocenters. The number of anilines is 1. The summed E-state index contributed by atoms with van der Waals surface area (Å²) in [5.41, 5.74) is 7.53. The number of hydrogen-bond donors (Lipinski definition) is 1. The highest BCUT2D eigenvalue weighted by molar-refractivity contribution is 6.33. The molecule has 5 nitrogen and oxygen atoms in total. The molecule has 3 aromatic rings. The highest BCUT2D eigenvalue weighted by Gasteiger charge is 2.19. The number of benzene rings is 2. The normalized spacial score (nSPS) is 10.3. The van der Waals surface area contributed by atoms with Gasteiger partial charge in [-0.3, -0.25) is 0 Å². The molecule has 27 heavy (non-hydrogen) atoms. The second kappa shape index (κ2) is 7.52. The standard InChI is InChI=1S/C20H15ClFN3O2/c1-26-17-7-6-11(8-18(17)27-2)16-9-12(13(10-23)20(24)25-16)19-14(21)4-3-5-15(19)22/h3-9H,1-2H3,(H2,24,25). The highest BCUT2D eigenvalue weighted by Crippen LogP contribution is 2.38. The molecule has 0 saturated carbocycles. The summed E-state index contributed by atoms with van der Waals surface area (Å²) < 4.78 is 25.0. The van der Waals surface area contributed by atoms with Crippen LogP contribution in [0.4, 0.5) is 10.2 Å². The maximum atomic E-state index is 14.4. The monoisotopic (exact) mass is 383 g/mol. The third kappa shape index (κ3) is 3.37. The molecule has 0 saturated heterocycles. The van der Waals surface area contributed by atoms with Crippen molar-refractivity contribution in [1.29, 1.82) is 5.26 Å². The van der Waals surface area contributed by atoms with Crippen molar-refractivity contribution in [2.45, 2.75) is 0 Å². The Morgan fingerprint density at radius 3 is 2.48 bits per heavy atom. The first-order chi connectivity index (χ1) is 13.0. The molecule has 2 aromatic carbocycles. The van der Waals surface area contributed by atoms with Crippen LogP contribution in [0.2, 0.25) is 5.02 Å². The summed E-state index contributed by atoms with van der Waals surface area (Å²) in [6.45, 7) is 0. The number of pyridine rings is 1. The first-order valence-electron chi connectivity index (χ1n) is 7.87. The number of aromatic nitrogens is 1. The number of methoxy groups -OCH3 is 2. The third-order valence-electron chi connectivity index (χ3n) is 4.07. The molecule has 2 N–H and O–H groups in total. The van der Waals surface area contributed by atoms with Crippen molar-refractivity contribution in [3.05, 3.63) is 58.9 Å². The van der Waals surface area contributed by atoms with Crippen molar-refractivity contribution in [2.24, 2.45) is 0 Å². The number of halogens is 2. The average Bonchev–Trinajstić information content (AvgIpc) is 2.67. The number of nitrogens with two attached hydrogens (primary N) is 1. The zero-order valence-electron chi connectivity index (χ0n) is 14.6. The fourth-order valence-corrected chi connectivity index (χ4v) is 3.04. The van der Waals surface area contributed by atoms with E-state index >= 15 is 0 Å². The topological polar surface area (TPSA) is 81.2 Å². The van der Waals surface area contributed by atoms with Crippen LogP contribution in [0.15, 0.2) is 42.5 Å². The highest BCUT2D eigenvalue weighted by atomic mass is 35.5. The second-order valence-electron chi connectivity index (χ2n) is 5.59. The predicted octanol–water partition coefficient (Wildman–Crippen LogP) is 4.68. The Kier molecular flexibility index (Phi) is 5.15. The van der Waals surface area contributed by atoms with Gasteiger partial charge in [0.15, 0.2) is 11.5 Å². The van der Waals surface area contributed by atoms with Crippen molar-refractivity contribution >= 4 is 17.4 Å². The van der Waals surface area contributed by atoms with Gasteiger partial charge in [-0.1, -0.05) is 17.7 Å². The SMILES string of the molecule is COc1ccc(-c2cc(-c3c(F)cccc3Cl)c(C#N)c(N)n2)cc1OC. The van der Waals surface area contributed by atoms with Crippen LogP contribution in [0.5, 0.6) is 11.5 Å². The van der Waals surface area contributed by atoms with Crippen molar-refractivity contribution < 1.29 is 13.9 Å². The fourth-order valence-electron chi connectivity index (χ4n) is 2.78.